The average Bonchev–Trinajstić information content (AvgIpc) is 3.12. The van der Waals surface area contributed by atoms with Gasteiger partial charge in [0.25, 0.3) is 0 Å². The smallest absolute Gasteiger partial charge is 0.202 e. The molecule has 0 bridgehead atoms. The lowest BCUT2D eigenvalue weighted by Gasteiger charge is -2.29. The van der Waals surface area contributed by atoms with Gasteiger partial charge in [-0.15, -0.1) is 0 Å². The molecule has 1 unspecified atom stereocenters. The molecule has 1 saturated carbocycles. The van der Waals surface area contributed by atoms with Crippen molar-refractivity contribution in [3.8, 4) is 5.75 Å². The van der Waals surface area contributed by atoms with Crippen LogP contribution < -0.4 is 10.1 Å². The lowest BCUT2D eigenvalue weighted by molar-refractivity contribution is 0.249. The number of ether oxygens (including phenoxy) is 1. The van der Waals surface area contributed by atoms with E-state index in [4.69, 9.17) is 4.74 Å². The van der Waals surface area contributed by atoms with Crippen molar-refractivity contribution >= 4 is 16.7 Å². The maximum atomic E-state index is 5.60. The van der Waals surface area contributed by atoms with E-state index in [0.717, 1.165) is 36.3 Å². The van der Waals surface area contributed by atoms with Gasteiger partial charge in [0, 0.05) is 29.6 Å². The van der Waals surface area contributed by atoms with Crippen LogP contribution in [0.5, 0.6) is 5.75 Å². The van der Waals surface area contributed by atoms with Crippen LogP contribution in [0.15, 0.2) is 24.3 Å². The van der Waals surface area contributed by atoms with Crippen molar-refractivity contribution in [2.45, 2.75) is 37.6 Å². The molecule has 1 saturated heterocycles. The molecule has 0 radical (unpaired) electrons. The number of rotatable bonds is 7. The van der Waals surface area contributed by atoms with Crippen molar-refractivity contribution in [3.05, 3.63) is 35.7 Å². The Balaban J connectivity index is 1.51. The predicted molar refractivity (Wildman–Crippen MR) is 96.9 cm³/mol. The minimum absolute atomic E-state index is 0.303. The lowest BCUT2D eigenvalue weighted by Crippen LogP contribution is -2.31. The Morgan fingerprint density at radius 3 is 2.83 bits per heavy atom. The molecule has 2 heterocycles. The van der Waals surface area contributed by atoms with Crippen molar-refractivity contribution in [3.63, 3.8) is 0 Å². The molecule has 1 aliphatic heterocycles. The van der Waals surface area contributed by atoms with Gasteiger partial charge in [0.15, 0.2) is 0 Å². The highest BCUT2D eigenvalue weighted by molar-refractivity contribution is 7.09. The van der Waals surface area contributed by atoms with Gasteiger partial charge in [-0.25, -0.2) is 4.98 Å². The Morgan fingerprint density at radius 1 is 1.29 bits per heavy atom. The third-order valence-electron chi connectivity index (χ3n) is 4.91. The topological polar surface area (TPSA) is 50.3 Å². The van der Waals surface area contributed by atoms with E-state index in [2.05, 4.69) is 37.8 Å². The fourth-order valence-corrected chi connectivity index (χ4v) is 4.08. The normalized spacial score (nSPS) is 19.4. The summed E-state index contributed by atoms with van der Waals surface area (Å²) in [6.07, 6.45) is 5.04. The van der Waals surface area contributed by atoms with Crippen LogP contribution in [0.2, 0.25) is 0 Å². The summed E-state index contributed by atoms with van der Waals surface area (Å²) in [5.74, 6) is 2.60. The van der Waals surface area contributed by atoms with Gasteiger partial charge in [-0.2, -0.15) is 4.37 Å². The Labute approximate surface area is 147 Å². The molecule has 2 fully saturated rings. The molecule has 1 aliphatic carbocycles. The second-order valence-electron chi connectivity index (χ2n) is 6.61. The van der Waals surface area contributed by atoms with Crippen molar-refractivity contribution in [1.82, 2.24) is 14.3 Å². The van der Waals surface area contributed by atoms with Crippen molar-refractivity contribution < 1.29 is 4.74 Å². The molecule has 128 valence electrons. The van der Waals surface area contributed by atoms with E-state index in [1.165, 1.54) is 42.8 Å². The molecule has 4 rings (SSSR count). The van der Waals surface area contributed by atoms with Crippen LogP contribution in [-0.4, -0.2) is 41.0 Å². The molecule has 0 spiro atoms. The van der Waals surface area contributed by atoms with Crippen LogP contribution in [0.25, 0.3) is 0 Å². The van der Waals surface area contributed by atoms with E-state index in [-0.39, 0.29) is 0 Å². The summed E-state index contributed by atoms with van der Waals surface area (Å²) in [4.78, 5) is 7.20. The van der Waals surface area contributed by atoms with Crippen LogP contribution >= 0.6 is 11.5 Å². The van der Waals surface area contributed by atoms with Crippen LogP contribution in [0.3, 0.4) is 0 Å². The molecule has 24 heavy (non-hydrogen) atoms. The Bertz CT molecular complexity index is 679. The standard InChI is InChI=1S/C18H24N4OS/c1-23-16-7-3-2-6-14(16)15(22-10-4-5-11-22)12-19-18-20-17(21-24-18)13-8-9-13/h2-3,6-7,13,15H,4-5,8-12H2,1H3,(H,19,20,21). The number of nitrogens with zero attached hydrogens (tertiary/aromatic N) is 3. The number of methoxy groups -OCH3 is 1. The quantitative estimate of drug-likeness (QED) is 0.830. The minimum atomic E-state index is 0.303. The summed E-state index contributed by atoms with van der Waals surface area (Å²) in [6, 6.07) is 8.66. The van der Waals surface area contributed by atoms with E-state index >= 15 is 0 Å². The average molecular weight is 344 g/mol. The molecule has 1 atom stereocenters. The molecule has 0 amide bonds. The zero-order valence-corrected chi connectivity index (χ0v) is 14.9. The third kappa shape index (κ3) is 3.39. The first-order valence-corrected chi connectivity index (χ1v) is 9.57. The molecule has 1 N–H and O–H groups in total. The summed E-state index contributed by atoms with van der Waals surface area (Å²) < 4.78 is 10.1. The van der Waals surface area contributed by atoms with E-state index in [0.29, 0.717) is 12.0 Å². The maximum Gasteiger partial charge on any atom is 0.202 e. The largest absolute Gasteiger partial charge is 0.496 e. The molecule has 5 nitrogen and oxygen atoms in total. The van der Waals surface area contributed by atoms with Crippen LogP contribution in [0.4, 0.5) is 5.13 Å². The van der Waals surface area contributed by atoms with Crippen LogP contribution in [0.1, 0.15) is 49.0 Å². The monoisotopic (exact) mass is 344 g/mol. The van der Waals surface area contributed by atoms with E-state index < -0.39 is 0 Å². The summed E-state index contributed by atoms with van der Waals surface area (Å²) in [5, 5.41) is 4.46. The molecular formula is C18H24N4OS. The van der Waals surface area contributed by atoms with Gasteiger partial charge in [-0.3, -0.25) is 4.90 Å². The fourth-order valence-electron chi connectivity index (χ4n) is 3.43. The fraction of sp³-hybridized carbons (Fsp3) is 0.556. The molecule has 1 aromatic heterocycles. The molecule has 6 heteroatoms. The second kappa shape index (κ2) is 7.07. The van der Waals surface area contributed by atoms with Crippen LogP contribution in [-0.2, 0) is 0 Å². The number of para-hydroxylation sites is 1. The number of hydrogen-bond acceptors (Lipinski definition) is 6. The molecule has 2 aliphatic rings. The third-order valence-corrected chi connectivity index (χ3v) is 5.60. The number of aromatic nitrogens is 2. The lowest BCUT2D eigenvalue weighted by atomic mass is 10.0. The van der Waals surface area contributed by atoms with Gasteiger partial charge in [-0.05, 0) is 44.8 Å². The maximum absolute atomic E-state index is 5.60. The SMILES string of the molecule is COc1ccccc1C(CNc1nc(C2CC2)ns1)N1CCCC1. The summed E-state index contributed by atoms with van der Waals surface area (Å²) in [5.41, 5.74) is 1.25. The zero-order chi connectivity index (χ0) is 16.4. The Morgan fingerprint density at radius 2 is 2.08 bits per heavy atom. The summed E-state index contributed by atoms with van der Waals surface area (Å²) in [6.45, 7) is 3.13. The van der Waals surface area contributed by atoms with Gasteiger partial charge in [0.2, 0.25) is 5.13 Å². The molecule has 2 aromatic rings. The number of hydrogen-bond donors (Lipinski definition) is 1. The zero-order valence-electron chi connectivity index (χ0n) is 14.1. The highest BCUT2D eigenvalue weighted by Gasteiger charge is 2.29. The Kier molecular flexibility index (Phi) is 4.67. The second-order valence-corrected chi connectivity index (χ2v) is 7.37. The van der Waals surface area contributed by atoms with E-state index in [1.807, 2.05) is 6.07 Å². The highest BCUT2D eigenvalue weighted by atomic mass is 32.1. The number of anilines is 1. The van der Waals surface area contributed by atoms with Gasteiger partial charge < -0.3 is 10.1 Å². The summed E-state index contributed by atoms with van der Waals surface area (Å²) in [7, 11) is 1.75. The van der Waals surface area contributed by atoms with Gasteiger partial charge in [-0.1, -0.05) is 18.2 Å². The summed E-state index contributed by atoms with van der Waals surface area (Å²) >= 11 is 1.49. The minimum Gasteiger partial charge on any atom is -0.496 e. The van der Waals surface area contributed by atoms with Gasteiger partial charge >= 0.3 is 0 Å². The van der Waals surface area contributed by atoms with E-state index in [9.17, 15) is 0 Å². The Hall–Kier alpha value is -1.66. The van der Waals surface area contributed by atoms with E-state index in [1.54, 1.807) is 7.11 Å². The van der Waals surface area contributed by atoms with Gasteiger partial charge in [0.05, 0.1) is 13.2 Å². The van der Waals surface area contributed by atoms with Crippen molar-refractivity contribution in [2.75, 3.05) is 32.1 Å². The number of benzene rings is 1. The van der Waals surface area contributed by atoms with Gasteiger partial charge in [0.1, 0.15) is 11.6 Å². The first-order chi connectivity index (χ1) is 11.8. The number of nitrogens with one attached hydrogen (secondary N) is 1. The molecular weight excluding hydrogens is 320 g/mol. The molecule has 1 aromatic carbocycles. The van der Waals surface area contributed by atoms with Crippen LogP contribution in [0, 0.1) is 0 Å². The number of likely N-dealkylation sites (tertiary alicyclic amines) is 1. The van der Waals surface area contributed by atoms with Crippen molar-refractivity contribution in [2.24, 2.45) is 0 Å². The predicted octanol–water partition coefficient (Wildman–Crippen LogP) is 3.67. The first kappa shape index (κ1) is 15.8. The highest BCUT2D eigenvalue weighted by Crippen LogP contribution is 2.39. The van der Waals surface area contributed by atoms with Crippen molar-refractivity contribution in [1.29, 1.82) is 0 Å². The first-order valence-electron chi connectivity index (χ1n) is 8.79.